The van der Waals surface area contributed by atoms with Crippen molar-refractivity contribution in [2.24, 2.45) is 7.05 Å². The maximum absolute atomic E-state index is 13.6. The standard InChI is InChI=1S/C12H15FN4O2S/c1-7-10(13)4-9(14)5-12(7)20(18,19)16-11-6-17(3)15-8(11)2/h4-6,16H,14H2,1-3H3. The van der Waals surface area contributed by atoms with Crippen LogP contribution in [0.5, 0.6) is 0 Å². The number of hydrogen-bond acceptors (Lipinski definition) is 4. The van der Waals surface area contributed by atoms with Crippen LogP contribution in [0.2, 0.25) is 0 Å². The number of aromatic nitrogens is 2. The van der Waals surface area contributed by atoms with Gasteiger partial charge in [0.25, 0.3) is 10.0 Å². The third kappa shape index (κ3) is 2.60. The van der Waals surface area contributed by atoms with E-state index in [-0.39, 0.29) is 16.1 Å². The Kier molecular flexibility index (Phi) is 3.43. The van der Waals surface area contributed by atoms with Gasteiger partial charge in [0.05, 0.1) is 16.3 Å². The number of benzene rings is 1. The summed E-state index contributed by atoms with van der Waals surface area (Å²) in [6.07, 6.45) is 1.53. The third-order valence-corrected chi connectivity index (χ3v) is 4.36. The molecule has 1 aromatic heterocycles. The van der Waals surface area contributed by atoms with Crippen LogP contribution in [-0.2, 0) is 17.1 Å². The largest absolute Gasteiger partial charge is 0.399 e. The SMILES string of the molecule is Cc1nn(C)cc1NS(=O)(=O)c1cc(N)cc(F)c1C. The number of sulfonamides is 1. The number of nitrogen functional groups attached to an aromatic ring is 1. The van der Waals surface area contributed by atoms with Crippen LogP contribution in [0.4, 0.5) is 15.8 Å². The Morgan fingerprint density at radius 2 is 2.00 bits per heavy atom. The molecule has 0 spiro atoms. The van der Waals surface area contributed by atoms with Gasteiger partial charge in [-0.2, -0.15) is 5.10 Å². The maximum atomic E-state index is 13.6. The number of aryl methyl sites for hydroxylation is 2. The number of nitrogens with zero attached hydrogens (tertiary/aromatic N) is 2. The molecule has 0 saturated carbocycles. The molecular formula is C12H15FN4O2S. The molecule has 2 rings (SSSR count). The number of halogens is 1. The Morgan fingerprint density at radius 1 is 1.35 bits per heavy atom. The van der Waals surface area contributed by atoms with E-state index in [0.29, 0.717) is 11.4 Å². The Labute approximate surface area is 116 Å². The first-order chi connectivity index (χ1) is 9.20. The summed E-state index contributed by atoms with van der Waals surface area (Å²) in [5.41, 5.74) is 6.45. The van der Waals surface area contributed by atoms with Gasteiger partial charge in [0, 0.05) is 24.5 Å². The van der Waals surface area contributed by atoms with Gasteiger partial charge in [0.2, 0.25) is 0 Å². The Morgan fingerprint density at radius 3 is 2.55 bits per heavy atom. The van der Waals surface area contributed by atoms with Crippen molar-refractivity contribution in [1.29, 1.82) is 0 Å². The van der Waals surface area contributed by atoms with E-state index in [9.17, 15) is 12.8 Å². The monoisotopic (exact) mass is 298 g/mol. The van der Waals surface area contributed by atoms with Crippen molar-refractivity contribution in [2.45, 2.75) is 18.7 Å². The van der Waals surface area contributed by atoms with Gasteiger partial charge < -0.3 is 5.73 Å². The molecule has 3 N–H and O–H groups in total. The zero-order chi connectivity index (χ0) is 15.1. The third-order valence-electron chi connectivity index (χ3n) is 2.87. The second-order valence-electron chi connectivity index (χ2n) is 4.53. The summed E-state index contributed by atoms with van der Waals surface area (Å²) in [6.45, 7) is 3.06. The number of nitrogens with two attached hydrogens (primary N) is 1. The predicted molar refractivity (Wildman–Crippen MR) is 74.3 cm³/mol. The van der Waals surface area contributed by atoms with Crippen LogP contribution in [0.1, 0.15) is 11.3 Å². The smallest absolute Gasteiger partial charge is 0.262 e. The molecular weight excluding hydrogens is 283 g/mol. The highest BCUT2D eigenvalue weighted by Gasteiger charge is 2.21. The molecule has 0 aliphatic rings. The summed E-state index contributed by atoms with van der Waals surface area (Å²) in [7, 11) is -2.24. The van der Waals surface area contributed by atoms with E-state index in [1.165, 1.54) is 23.9 Å². The highest BCUT2D eigenvalue weighted by molar-refractivity contribution is 7.92. The topological polar surface area (TPSA) is 90.0 Å². The average molecular weight is 298 g/mol. The fourth-order valence-corrected chi connectivity index (χ4v) is 3.24. The predicted octanol–water partition coefficient (Wildman–Crippen LogP) is 1.56. The normalized spacial score (nSPS) is 11.6. The first-order valence-electron chi connectivity index (χ1n) is 5.79. The van der Waals surface area contributed by atoms with Crippen LogP contribution in [0, 0.1) is 19.7 Å². The van der Waals surface area contributed by atoms with Crippen molar-refractivity contribution in [1.82, 2.24) is 9.78 Å². The Hall–Kier alpha value is -2.09. The van der Waals surface area contributed by atoms with Gasteiger partial charge in [-0.3, -0.25) is 9.40 Å². The summed E-state index contributed by atoms with van der Waals surface area (Å²) in [6, 6.07) is 2.32. The van der Waals surface area contributed by atoms with Crippen molar-refractivity contribution in [3.63, 3.8) is 0 Å². The van der Waals surface area contributed by atoms with Crippen molar-refractivity contribution in [3.8, 4) is 0 Å². The fraction of sp³-hybridized carbons (Fsp3) is 0.250. The highest BCUT2D eigenvalue weighted by atomic mass is 32.2. The van der Waals surface area contributed by atoms with Crippen LogP contribution >= 0.6 is 0 Å². The molecule has 1 aromatic carbocycles. The molecule has 0 aliphatic heterocycles. The molecule has 0 radical (unpaired) electrons. The van der Waals surface area contributed by atoms with Gasteiger partial charge in [-0.15, -0.1) is 0 Å². The van der Waals surface area contributed by atoms with Crippen molar-refractivity contribution in [3.05, 3.63) is 35.4 Å². The quantitative estimate of drug-likeness (QED) is 0.841. The van der Waals surface area contributed by atoms with E-state index in [2.05, 4.69) is 9.82 Å². The first kappa shape index (κ1) is 14.3. The van der Waals surface area contributed by atoms with E-state index in [1.807, 2.05) is 0 Å². The molecule has 0 atom stereocenters. The lowest BCUT2D eigenvalue weighted by Crippen LogP contribution is -2.15. The van der Waals surface area contributed by atoms with Crippen molar-refractivity contribution < 1.29 is 12.8 Å². The lowest BCUT2D eigenvalue weighted by Gasteiger charge is -2.11. The van der Waals surface area contributed by atoms with Gasteiger partial charge in [0.15, 0.2) is 0 Å². The van der Waals surface area contributed by atoms with E-state index in [4.69, 9.17) is 5.73 Å². The molecule has 108 valence electrons. The number of anilines is 2. The van der Waals surface area contributed by atoms with Crippen molar-refractivity contribution >= 4 is 21.4 Å². The molecule has 0 saturated heterocycles. The summed E-state index contributed by atoms with van der Waals surface area (Å²) < 4.78 is 42.1. The van der Waals surface area contributed by atoms with Crippen LogP contribution in [0.3, 0.4) is 0 Å². The van der Waals surface area contributed by atoms with E-state index >= 15 is 0 Å². The van der Waals surface area contributed by atoms with Gasteiger partial charge in [0.1, 0.15) is 5.82 Å². The number of hydrogen-bond donors (Lipinski definition) is 2. The van der Waals surface area contributed by atoms with Gasteiger partial charge in [-0.1, -0.05) is 0 Å². The molecule has 0 aliphatic carbocycles. The Balaban J connectivity index is 2.49. The molecule has 0 unspecified atom stereocenters. The first-order valence-corrected chi connectivity index (χ1v) is 7.27. The van der Waals surface area contributed by atoms with Crippen LogP contribution in [0.15, 0.2) is 23.2 Å². The molecule has 20 heavy (non-hydrogen) atoms. The molecule has 0 fully saturated rings. The minimum atomic E-state index is -3.92. The summed E-state index contributed by atoms with van der Waals surface area (Å²) in [4.78, 5) is -0.182. The average Bonchev–Trinajstić information content (AvgIpc) is 2.61. The summed E-state index contributed by atoms with van der Waals surface area (Å²) >= 11 is 0. The summed E-state index contributed by atoms with van der Waals surface area (Å²) in [5, 5.41) is 4.04. The van der Waals surface area contributed by atoms with Gasteiger partial charge in [-0.25, -0.2) is 12.8 Å². The lowest BCUT2D eigenvalue weighted by atomic mass is 10.2. The van der Waals surface area contributed by atoms with Crippen LogP contribution in [-0.4, -0.2) is 18.2 Å². The van der Waals surface area contributed by atoms with Crippen LogP contribution in [0.25, 0.3) is 0 Å². The molecule has 0 amide bonds. The van der Waals surface area contributed by atoms with E-state index in [0.717, 1.165) is 6.07 Å². The maximum Gasteiger partial charge on any atom is 0.262 e. The lowest BCUT2D eigenvalue weighted by molar-refractivity contribution is 0.591. The zero-order valence-corrected chi connectivity index (χ0v) is 12.1. The molecule has 2 aromatic rings. The van der Waals surface area contributed by atoms with E-state index < -0.39 is 15.8 Å². The second kappa shape index (κ2) is 4.78. The summed E-state index contributed by atoms with van der Waals surface area (Å²) in [5.74, 6) is -0.659. The minimum absolute atomic E-state index is 0.0215. The molecule has 6 nitrogen and oxygen atoms in total. The second-order valence-corrected chi connectivity index (χ2v) is 6.18. The highest BCUT2D eigenvalue weighted by Crippen LogP contribution is 2.24. The van der Waals surface area contributed by atoms with Crippen molar-refractivity contribution in [2.75, 3.05) is 10.5 Å². The number of nitrogens with one attached hydrogen (secondary N) is 1. The number of rotatable bonds is 3. The molecule has 8 heteroatoms. The van der Waals surface area contributed by atoms with Gasteiger partial charge >= 0.3 is 0 Å². The van der Waals surface area contributed by atoms with E-state index in [1.54, 1.807) is 14.0 Å². The van der Waals surface area contributed by atoms with Gasteiger partial charge in [-0.05, 0) is 26.0 Å². The molecule has 0 bridgehead atoms. The van der Waals surface area contributed by atoms with Crippen LogP contribution < -0.4 is 10.5 Å². The molecule has 1 heterocycles. The Bertz CT molecular complexity index is 768. The minimum Gasteiger partial charge on any atom is -0.399 e. The fourth-order valence-electron chi connectivity index (χ4n) is 1.85. The zero-order valence-electron chi connectivity index (χ0n) is 11.3.